The monoisotopic (exact) mass is 538 g/mol. The lowest BCUT2D eigenvalue weighted by molar-refractivity contribution is -0.163. The molecule has 0 spiro atoms. The van der Waals surface area contributed by atoms with Crippen LogP contribution < -0.4 is 0 Å². The number of hydrogen-bond donors (Lipinski definition) is 2. The fourth-order valence-corrected chi connectivity index (χ4v) is 5.60. The first-order valence-corrected chi connectivity index (χ1v) is 13.9. The van der Waals surface area contributed by atoms with Crippen LogP contribution in [0.5, 0.6) is 0 Å². The number of carbonyl (C=O) groups is 2. The third kappa shape index (κ3) is 5.64. The van der Waals surface area contributed by atoms with Crippen LogP contribution in [0.1, 0.15) is 63.9 Å². The molecule has 2 aromatic carbocycles. The number of aromatic amines is 1. The van der Waals surface area contributed by atoms with Crippen LogP contribution in [-0.4, -0.2) is 53.0 Å². The molecule has 2 heterocycles. The van der Waals surface area contributed by atoms with Gasteiger partial charge in [-0.15, -0.1) is 10.2 Å². The number of carboxylic acid groups (broad SMARTS) is 1. The van der Waals surface area contributed by atoms with Gasteiger partial charge in [-0.2, -0.15) is 5.21 Å². The molecule has 0 bridgehead atoms. The Morgan fingerprint density at radius 2 is 1.75 bits per heavy atom. The number of carboxylic acids is 1. The molecule has 4 aromatic rings. The highest BCUT2D eigenvalue weighted by atomic mass is 16.4. The standard InChI is InChI=1S/C31H34N6O3/c1-2-3-10-28(38)37(31(30(39)40)17-6-4-7-18-31)21-22-11-13-23(14-12-22)26-20-24(27-9-5-8-19-32-27)15-16-25(26)29-33-35-36-34-29/h5,8-9,11-16,19-20H,2-4,6-7,10,17-18,21H2,1H3,(H,39,40)(H,33,34,35,36). The summed E-state index contributed by atoms with van der Waals surface area (Å²) < 4.78 is 0. The minimum Gasteiger partial charge on any atom is -0.479 e. The maximum atomic E-state index is 13.4. The van der Waals surface area contributed by atoms with Gasteiger partial charge in [0, 0.05) is 30.3 Å². The first-order chi connectivity index (χ1) is 19.5. The van der Waals surface area contributed by atoms with E-state index in [1.807, 2.05) is 61.5 Å². The SMILES string of the molecule is CCCCC(=O)N(Cc1ccc(-c2cc(-c3ccccn3)ccc2-c2nn[nH]n2)cc1)C1(C(=O)O)CCCCC1. The predicted molar refractivity (Wildman–Crippen MR) is 152 cm³/mol. The van der Waals surface area contributed by atoms with E-state index < -0.39 is 11.5 Å². The Bertz CT molecular complexity index is 1430. The molecule has 5 rings (SSSR count). The van der Waals surface area contributed by atoms with Crippen LogP contribution in [0.4, 0.5) is 0 Å². The number of amides is 1. The quantitative estimate of drug-likeness (QED) is 0.257. The topological polar surface area (TPSA) is 125 Å². The van der Waals surface area contributed by atoms with Crippen molar-refractivity contribution in [2.24, 2.45) is 0 Å². The normalized spacial score (nSPS) is 14.5. The molecule has 0 unspecified atom stereocenters. The first kappa shape index (κ1) is 27.2. The van der Waals surface area contributed by atoms with E-state index in [9.17, 15) is 14.7 Å². The maximum absolute atomic E-state index is 13.4. The van der Waals surface area contributed by atoms with E-state index in [2.05, 4.69) is 31.7 Å². The summed E-state index contributed by atoms with van der Waals surface area (Å²) in [6, 6.07) is 19.8. The molecule has 40 heavy (non-hydrogen) atoms. The van der Waals surface area contributed by atoms with Gasteiger partial charge in [0.15, 0.2) is 0 Å². The number of aliphatic carboxylic acids is 1. The van der Waals surface area contributed by atoms with Gasteiger partial charge in [0.05, 0.1) is 5.69 Å². The van der Waals surface area contributed by atoms with Gasteiger partial charge in [-0.05, 0) is 65.4 Å². The minimum absolute atomic E-state index is 0.0855. The third-order valence-corrected chi connectivity index (χ3v) is 7.81. The average molecular weight is 539 g/mol. The summed E-state index contributed by atoms with van der Waals surface area (Å²) in [5, 5.41) is 25.0. The summed E-state index contributed by atoms with van der Waals surface area (Å²) in [5.41, 5.74) is 4.24. The van der Waals surface area contributed by atoms with E-state index in [0.717, 1.165) is 65.6 Å². The average Bonchev–Trinajstić information content (AvgIpc) is 3.54. The van der Waals surface area contributed by atoms with Crippen molar-refractivity contribution in [3.05, 3.63) is 72.4 Å². The third-order valence-electron chi connectivity index (χ3n) is 7.81. The number of carbonyl (C=O) groups excluding carboxylic acids is 1. The van der Waals surface area contributed by atoms with E-state index >= 15 is 0 Å². The van der Waals surface area contributed by atoms with Gasteiger partial charge in [-0.3, -0.25) is 9.78 Å². The van der Waals surface area contributed by atoms with Crippen molar-refractivity contribution in [1.82, 2.24) is 30.5 Å². The summed E-state index contributed by atoms with van der Waals surface area (Å²) in [6.45, 7) is 2.30. The zero-order valence-electron chi connectivity index (χ0n) is 22.7. The molecule has 1 aliphatic rings. The number of H-pyrrole nitrogens is 1. The molecule has 1 saturated carbocycles. The molecule has 0 aliphatic heterocycles. The first-order valence-electron chi connectivity index (χ1n) is 13.9. The Balaban J connectivity index is 1.49. The smallest absolute Gasteiger partial charge is 0.329 e. The van der Waals surface area contributed by atoms with Gasteiger partial charge in [-0.25, -0.2) is 4.79 Å². The Morgan fingerprint density at radius 3 is 2.40 bits per heavy atom. The Labute approximate surface area is 233 Å². The lowest BCUT2D eigenvalue weighted by Gasteiger charge is -2.43. The highest BCUT2D eigenvalue weighted by Gasteiger charge is 2.46. The van der Waals surface area contributed by atoms with Gasteiger partial charge < -0.3 is 10.0 Å². The van der Waals surface area contributed by atoms with Crippen molar-refractivity contribution in [3.63, 3.8) is 0 Å². The van der Waals surface area contributed by atoms with Gasteiger partial charge in [-0.1, -0.05) is 69.0 Å². The largest absolute Gasteiger partial charge is 0.479 e. The van der Waals surface area contributed by atoms with Crippen molar-refractivity contribution < 1.29 is 14.7 Å². The molecule has 9 heteroatoms. The highest BCUT2D eigenvalue weighted by Crippen LogP contribution is 2.37. The van der Waals surface area contributed by atoms with E-state index in [0.29, 0.717) is 25.1 Å². The molecule has 2 aromatic heterocycles. The van der Waals surface area contributed by atoms with Crippen molar-refractivity contribution in [2.75, 3.05) is 0 Å². The van der Waals surface area contributed by atoms with Crippen molar-refractivity contribution >= 4 is 11.9 Å². The molecule has 2 N–H and O–H groups in total. The molecule has 0 atom stereocenters. The lowest BCUT2D eigenvalue weighted by atomic mass is 9.79. The molecule has 206 valence electrons. The number of aromatic nitrogens is 5. The Morgan fingerprint density at radius 1 is 0.975 bits per heavy atom. The van der Waals surface area contributed by atoms with Crippen LogP contribution in [0, 0.1) is 0 Å². The minimum atomic E-state index is -1.15. The summed E-state index contributed by atoms with van der Waals surface area (Å²) in [5.74, 6) is -0.498. The van der Waals surface area contributed by atoms with Crippen LogP contribution >= 0.6 is 0 Å². The van der Waals surface area contributed by atoms with Crippen LogP contribution in [0.3, 0.4) is 0 Å². The van der Waals surface area contributed by atoms with E-state index in [-0.39, 0.29) is 12.5 Å². The molecular formula is C31H34N6O3. The van der Waals surface area contributed by atoms with Gasteiger partial charge in [0.2, 0.25) is 11.7 Å². The van der Waals surface area contributed by atoms with Crippen molar-refractivity contribution in [3.8, 4) is 33.8 Å². The molecule has 1 aliphatic carbocycles. The molecule has 0 radical (unpaired) electrons. The molecular weight excluding hydrogens is 504 g/mol. The number of pyridine rings is 1. The number of tetrazole rings is 1. The summed E-state index contributed by atoms with van der Waals surface area (Å²) in [4.78, 5) is 32.1. The second-order valence-corrected chi connectivity index (χ2v) is 10.4. The number of nitrogens with one attached hydrogen (secondary N) is 1. The van der Waals surface area contributed by atoms with Crippen LogP contribution in [0.2, 0.25) is 0 Å². The van der Waals surface area contributed by atoms with E-state index in [4.69, 9.17) is 0 Å². The molecule has 1 amide bonds. The molecule has 1 fully saturated rings. The van der Waals surface area contributed by atoms with Crippen LogP contribution in [-0.2, 0) is 16.1 Å². The summed E-state index contributed by atoms with van der Waals surface area (Å²) >= 11 is 0. The number of hydrogen-bond acceptors (Lipinski definition) is 6. The van der Waals surface area contributed by atoms with Crippen molar-refractivity contribution in [1.29, 1.82) is 0 Å². The number of nitrogens with zero attached hydrogens (tertiary/aromatic N) is 5. The maximum Gasteiger partial charge on any atom is 0.329 e. The number of unbranched alkanes of at least 4 members (excludes halogenated alkanes) is 1. The lowest BCUT2D eigenvalue weighted by Crippen LogP contribution is -2.57. The van der Waals surface area contributed by atoms with Gasteiger partial charge >= 0.3 is 5.97 Å². The molecule has 0 saturated heterocycles. The highest BCUT2D eigenvalue weighted by molar-refractivity contribution is 5.87. The van der Waals surface area contributed by atoms with Gasteiger partial charge in [0.25, 0.3) is 0 Å². The van der Waals surface area contributed by atoms with Crippen LogP contribution in [0.25, 0.3) is 33.8 Å². The number of benzene rings is 2. The second kappa shape index (κ2) is 12.2. The van der Waals surface area contributed by atoms with Crippen molar-refractivity contribution in [2.45, 2.75) is 70.4 Å². The Hall–Kier alpha value is -4.40. The zero-order chi connectivity index (χ0) is 28.0. The number of rotatable bonds is 10. The fourth-order valence-electron chi connectivity index (χ4n) is 5.60. The van der Waals surface area contributed by atoms with Crippen LogP contribution in [0.15, 0.2) is 66.9 Å². The predicted octanol–water partition coefficient (Wildman–Crippen LogP) is 5.90. The second-order valence-electron chi connectivity index (χ2n) is 10.4. The summed E-state index contributed by atoms with van der Waals surface area (Å²) in [6.07, 6.45) is 7.37. The summed E-state index contributed by atoms with van der Waals surface area (Å²) in [7, 11) is 0. The molecule has 9 nitrogen and oxygen atoms in total. The van der Waals surface area contributed by atoms with E-state index in [1.165, 1.54) is 0 Å². The van der Waals surface area contributed by atoms with Gasteiger partial charge in [0.1, 0.15) is 5.54 Å². The zero-order valence-corrected chi connectivity index (χ0v) is 22.7. The van der Waals surface area contributed by atoms with E-state index in [1.54, 1.807) is 11.1 Å². The fraction of sp³-hybridized carbons (Fsp3) is 0.355. The Kier molecular flexibility index (Phi) is 8.28.